The summed E-state index contributed by atoms with van der Waals surface area (Å²) < 4.78 is 5.86. The molecule has 3 aliphatic rings. The van der Waals surface area contributed by atoms with E-state index >= 15 is 0 Å². The molecule has 1 fully saturated rings. The number of hydrogen-bond donors (Lipinski definition) is 5. The average molecular weight is 515 g/mol. The Morgan fingerprint density at radius 1 is 1.03 bits per heavy atom. The first-order valence-electron chi connectivity index (χ1n) is 12.0. The van der Waals surface area contributed by atoms with Crippen LogP contribution in [-0.4, -0.2) is 59.9 Å². The Hall–Kier alpha value is -3.27. The maximum Gasteiger partial charge on any atom is 0.216 e. The summed E-state index contributed by atoms with van der Waals surface area (Å²) in [7, 11) is 0. The summed E-state index contributed by atoms with van der Waals surface area (Å²) in [5.74, 6) is -9.27. The Morgan fingerprint density at radius 3 is 2.22 bits per heavy atom. The molecule has 2 aliphatic carbocycles. The first-order valence-corrected chi connectivity index (χ1v) is 12.0. The minimum Gasteiger partial charge on any atom is -0.511 e. The quantitative estimate of drug-likeness (QED) is 0.154. The molecule has 3 rings (SSSR count). The smallest absolute Gasteiger partial charge is 0.216 e. The van der Waals surface area contributed by atoms with Crippen LogP contribution in [0, 0.1) is 11.3 Å². The summed E-state index contributed by atoms with van der Waals surface area (Å²) in [4.78, 5) is 39.9. The molecule has 9 heteroatoms. The maximum absolute atomic E-state index is 13.5. The number of rotatable bonds is 6. The molecule has 5 atom stereocenters. The van der Waals surface area contributed by atoms with Crippen LogP contribution in [-0.2, 0) is 19.1 Å². The average Bonchev–Trinajstić information content (AvgIpc) is 3.03. The van der Waals surface area contributed by atoms with E-state index in [-0.39, 0.29) is 24.0 Å². The third kappa shape index (κ3) is 3.59. The Bertz CT molecular complexity index is 1240. The number of hydrogen-bond acceptors (Lipinski definition) is 9. The second-order valence-electron chi connectivity index (χ2n) is 10.1. The van der Waals surface area contributed by atoms with E-state index in [0.29, 0.717) is 0 Å². The topological polar surface area (TPSA) is 162 Å². The zero-order valence-corrected chi connectivity index (χ0v) is 21.8. The highest BCUT2D eigenvalue weighted by Gasteiger charge is 2.82. The second kappa shape index (κ2) is 9.24. The lowest BCUT2D eigenvalue weighted by Gasteiger charge is -2.50. The number of allylic oxidation sites excluding steroid dienone is 7. The molecule has 1 saturated heterocycles. The molecule has 0 aromatic rings. The van der Waals surface area contributed by atoms with E-state index in [0.717, 1.165) is 6.92 Å². The van der Waals surface area contributed by atoms with Crippen molar-refractivity contribution in [2.24, 2.45) is 11.3 Å². The lowest BCUT2D eigenvalue weighted by molar-refractivity contribution is -0.317. The Labute approximate surface area is 215 Å². The first kappa shape index (κ1) is 28.3. The lowest BCUT2D eigenvalue weighted by atomic mass is 9.53. The molecule has 200 valence electrons. The highest BCUT2D eigenvalue weighted by Crippen LogP contribution is 2.68. The van der Waals surface area contributed by atoms with E-state index in [1.165, 1.54) is 32.9 Å². The van der Waals surface area contributed by atoms with Crippen molar-refractivity contribution in [3.05, 3.63) is 70.5 Å². The molecule has 0 radical (unpaired) electrons. The van der Waals surface area contributed by atoms with Gasteiger partial charge in [0.2, 0.25) is 11.6 Å². The van der Waals surface area contributed by atoms with Crippen LogP contribution in [0.5, 0.6) is 0 Å². The van der Waals surface area contributed by atoms with Crippen molar-refractivity contribution in [3.8, 4) is 0 Å². The fraction of sp³-hybridized carbons (Fsp3) is 0.464. The molecule has 0 unspecified atom stereocenters. The summed E-state index contributed by atoms with van der Waals surface area (Å²) in [6.45, 7) is 8.25. The SMILES string of the molecule is C/C=C/C=C/C(O)=C1/C(O)=C(C)C(=O)[C@@]2(C)O[C@@]3(O)[C@@](C)(O)C(=O)C(C(=O)CC/C=C/C)=C(O)[C@@]3(C)[C@@H]12. The molecule has 0 saturated carbocycles. The number of carbonyl (C=O) groups excluding carboxylic acids is 3. The van der Waals surface area contributed by atoms with E-state index < -0.39 is 68.5 Å². The van der Waals surface area contributed by atoms with Gasteiger partial charge in [-0.05, 0) is 54.0 Å². The van der Waals surface area contributed by atoms with Crippen LogP contribution in [0.4, 0.5) is 0 Å². The molecular weight excluding hydrogens is 480 g/mol. The monoisotopic (exact) mass is 514 g/mol. The molecule has 0 spiro atoms. The van der Waals surface area contributed by atoms with Gasteiger partial charge in [0.15, 0.2) is 17.2 Å². The van der Waals surface area contributed by atoms with Crippen LogP contribution in [0.1, 0.15) is 54.4 Å². The van der Waals surface area contributed by atoms with Crippen LogP contribution >= 0.6 is 0 Å². The van der Waals surface area contributed by atoms with Crippen molar-refractivity contribution in [2.45, 2.75) is 71.4 Å². The van der Waals surface area contributed by atoms with Gasteiger partial charge in [0, 0.05) is 23.5 Å². The largest absolute Gasteiger partial charge is 0.511 e. The standard InChI is InChI=1S/C28H34O9/c1-7-9-11-13-16(29)18-20(31)15(3)22(32)26(5)21(18)25(4)23(33)19(17(30)14-12-10-8-2)24(34)27(6,35)28(25,36)37-26/h7-11,13,21,29,31,33,35-36H,12,14H2,1-6H3/b9-7+,10-8+,13-11+,18-16+/t21-,25-,26+,27+,28-/m1/s1. The van der Waals surface area contributed by atoms with Crippen molar-refractivity contribution in [1.29, 1.82) is 0 Å². The van der Waals surface area contributed by atoms with Crippen LogP contribution in [0.15, 0.2) is 70.5 Å². The Kier molecular flexibility index (Phi) is 7.07. The zero-order valence-electron chi connectivity index (χ0n) is 21.8. The molecule has 0 amide bonds. The minimum atomic E-state index is -2.92. The van der Waals surface area contributed by atoms with E-state index in [4.69, 9.17) is 4.74 Å². The second-order valence-corrected chi connectivity index (χ2v) is 10.1. The van der Waals surface area contributed by atoms with Gasteiger partial charge in [-0.15, -0.1) is 0 Å². The van der Waals surface area contributed by atoms with Crippen molar-refractivity contribution < 1.29 is 44.7 Å². The fourth-order valence-corrected chi connectivity index (χ4v) is 5.83. The molecule has 0 aromatic carbocycles. The number of carbonyl (C=O) groups is 3. The van der Waals surface area contributed by atoms with Gasteiger partial charge in [0.25, 0.3) is 0 Å². The van der Waals surface area contributed by atoms with Gasteiger partial charge < -0.3 is 30.3 Å². The molecule has 0 bridgehead atoms. The molecule has 37 heavy (non-hydrogen) atoms. The van der Waals surface area contributed by atoms with Crippen LogP contribution < -0.4 is 0 Å². The predicted molar refractivity (Wildman–Crippen MR) is 134 cm³/mol. The van der Waals surface area contributed by atoms with Crippen molar-refractivity contribution >= 4 is 17.3 Å². The zero-order chi connectivity index (χ0) is 28.1. The van der Waals surface area contributed by atoms with E-state index in [1.54, 1.807) is 38.2 Å². The van der Waals surface area contributed by atoms with Crippen LogP contribution in [0.3, 0.4) is 0 Å². The third-order valence-electron chi connectivity index (χ3n) is 7.83. The number of ketones is 3. The van der Waals surface area contributed by atoms with Crippen LogP contribution in [0.25, 0.3) is 0 Å². The summed E-state index contributed by atoms with van der Waals surface area (Å²) in [5, 5.41) is 56.8. The van der Waals surface area contributed by atoms with Gasteiger partial charge in [-0.3, -0.25) is 14.4 Å². The molecule has 1 heterocycles. The van der Waals surface area contributed by atoms with Gasteiger partial charge in [-0.25, -0.2) is 0 Å². The summed E-state index contributed by atoms with van der Waals surface area (Å²) in [6, 6.07) is 0. The van der Waals surface area contributed by atoms with E-state index in [9.17, 15) is 39.9 Å². The predicted octanol–water partition coefficient (Wildman–Crippen LogP) is 3.52. The highest BCUT2D eigenvalue weighted by molar-refractivity contribution is 6.24. The maximum atomic E-state index is 13.5. The number of ether oxygens (including phenoxy) is 1. The summed E-state index contributed by atoms with van der Waals surface area (Å²) in [6.07, 6.45) is 9.48. The van der Waals surface area contributed by atoms with Gasteiger partial charge in [0.05, 0.1) is 5.41 Å². The minimum absolute atomic E-state index is 0.175. The van der Waals surface area contributed by atoms with E-state index in [2.05, 4.69) is 0 Å². The van der Waals surface area contributed by atoms with Gasteiger partial charge in [-0.1, -0.05) is 30.4 Å². The van der Waals surface area contributed by atoms with Crippen molar-refractivity contribution in [2.75, 3.05) is 0 Å². The summed E-state index contributed by atoms with van der Waals surface area (Å²) >= 11 is 0. The van der Waals surface area contributed by atoms with Crippen molar-refractivity contribution in [1.82, 2.24) is 0 Å². The van der Waals surface area contributed by atoms with Gasteiger partial charge in [-0.2, -0.15) is 0 Å². The van der Waals surface area contributed by atoms with E-state index in [1.807, 2.05) is 0 Å². The molecular formula is C28H34O9. The fourth-order valence-electron chi connectivity index (χ4n) is 5.83. The first-order chi connectivity index (χ1) is 17.1. The summed E-state index contributed by atoms with van der Waals surface area (Å²) in [5.41, 5.74) is -8.24. The van der Waals surface area contributed by atoms with Crippen molar-refractivity contribution in [3.63, 3.8) is 0 Å². The number of aliphatic hydroxyl groups is 5. The lowest BCUT2D eigenvalue weighted by Crippen LogP contribution is -2.69. The molecule has 1 aliphatic heterocycles. The number of aliphatic hydroxyl groups excluding tert-OH is 3. The highest BCUT2D eigenvalue weighted by atomic mass is 16.7. The van der Waals surface area contributed by atoms with Gasteiger partial charge >= 0.3 is 0 Å². The number of fused-ring (bicyclic) bond motifs is 3. The third-order valence-corrected chi connectivity index (χ3v) is 7.83. The molecule has 9 nitrogen and oxygen atoms in total. The Morgan fingerprint density at radius 2 is 1.65 bits per heavy atom. The van der Waals surface area contributed by atoms with Crippen LogP contribution in [0.2, 0.25) is 0 Å². The van der Waals surface area contributed by atoms with Gasteiger partial charge in [0.1, 0.15) is 28.5 Å². The molecule has 0 aromatic heterocycles. The normalized spacial score (nSPS) is 37.8. The number of Topliss-reactive ketones (excluding diaryl/α,β-unsaturated/α-hetero) is 3. The Balaban J connectivity index is 2.43. The molecule has 5 N–H and O–H groups in total.